The van der Waals surface area contributed by atoms with Crippen molar-refractivity contribution in [3.05, 3.63) is 51.1 Å². The summed E-state index contributed by atoms with van der Waals surface area (Å²) in [6.45, 7) is 5.84. The van der Waals surface area contributed by atoms with Crippen molar-refractivity contribution >= 4 is 46.3 Å². The summed E-state index contributed by atoms with van der Waals surface area (Å²) >= 11 is 2.15. The van der Waals surface area contributed by atoms with Crippen molar-refractivity contribution in [1.82, 2.24) is 5.43 Å². The van der Waals surface area contributed by atoms with Crippen LogP contribution in [0.5, 0.6) is 11.5 Å². The number of hydrogen-bond acceptors (Lipinski definition) is 5. The third-order valence-corrected chi connectivity index (χ3v) is 4.47. The number of carbonyl (C=O) groups is 2. The van der Waals surface area contributed by atoms with E-state index in [1.54, 1.807) is 25.3 Å². The number of hydrogen-bond donors (Lipinski definition) is 2. The molecule has 0 aliphatic rings. The molecule has 29 heavy (non-hydrogen) atoms. The molecule has 0 aliphatic carbocycles. The molecule has 0 bridgehead atoms. The number of hydrazone groups is 1. The van der Waals surface area contributed by atoms with E-state index in [9.17, 15) is 9.59 Å². The number of halogens is 1. The number of nitrogens with zero attached hydrogens (tertiary/aromatic N) is 1. The Kier molecular flexibility index (Phi) is 8.44. The van der Waals surface area contributed by atoms with Gasteiger partial charge in [0, 0.05) is 5.69 Å². The normalized spacial score (nSPS) is 10.8. The highest BCUT2D eigenvalue weighted by Crippen LogP contribution is 2.34. The molecule has 0 heterocycles. The van der Waals surface area contributed by atoms with E-state index in [0.29, 0.717) is 17.2 Å². The van der Waals surface area contributed by atoms with Crippen molar-refractivity contribution in [3.8, 4) is 11.5 Å². The fraction of sp³-hybridized carbons (Fsp3) is 0.286. The standard InChI is InChI=1S/C21H24IN3O4/c1-13(2)29-21-17(22)9-15(10-18(21)28-4)12-23-25-20(27)11-19(26)24-16-7-5-14(3)6-8-16/h5-10,12-13H,11H2,1-4H3,(H,24,26)(H,25,27). The largest absolute Gasteiger partial charge is 0.493 e. The Balaban J connectivity index is 1.93. The second-order valence-electron chi connectivity index (χ2n) is 6.58. The lowest BCUT2D eigenvalue weighted by Crippen LogP contribution is -2.24. The molecule has 0 fully saturated rings. The molecule has 0 aromatic heterocycles. The number of nitrogens with one attached hydrogen (secondary N) is 2. The summed E-state index contributed by atoms with van der Waals surface area (Å²) in [5, 5.41) is 6.59. The van der Waals surface area contributed by atoms with E-state index in [4.69, 9.17) is 9.47 Å². The van der Waals surface area contributed by atoms with E-state index in [1.165, 1.54) is 6.21 Å². The zero-order chi connectivity index (χ0) is 21.4. The number of methoxy groups -OCH3 is 1. The predicted molar refractivity (Wildman–Crippen MR) is 122 cm³/mol. The molecular weight excluding hydrogens is 485 g/mol. The summed E-state index contributed by atoms with van der Waals surface area (Å²) in [5.41, 5.74) is 4.81. The molecule has 2 aromatic carbocycles. The van der Waals surface area contributed by atoms with Crippen LogP contribution < -0.4 is 20.2 Å². The van der Waals surface area contributed by atoms with Crippen molar-refractivity contribution in [2.45, 2.75) is 33.3 Å². The number of rotatable bonds is 8. The van der Waals surface area contributed by atoms with Crippen LogP contribution in [0.4, 0.5) is 5.69 Å². The van der Waals surface area contributed by atoms with Crippen LogP contribution >= 0.6 is 22.6 Å². The zero-order valence-corrected chi connectivity index (χ0v) is 18.9. The molecule has 0 saturated heterocycles. The Hall–Kier alpha value is -2.62. The van der Waals surface area contributed by atoms with Crippen LogP contribution in [0, 0.1) is 10.5 Å². The number of anilines is 1. The molecule has 0 spiro atoms. The van der Waals surface area contributed by atoms with Crippen molar-refractivity contribution in [2.24, 2.45) is 5.10 Å². The van der Waals surface area contributed by atoms with Gasteiger partial charge in [-0.25, -0.2) is 5.43 Å². The summed E-state index contributed by atoms with van der Waals surface area (Å²) < 4.78 is 12.0. The molecular formula is C21H24IN3O4. The van der Waals surface area contributed by atoms with Gasteiger partial charge in [-0.05, 0) is 73.2 Å². The summed E-state index contributed by atoms with van der Waals surface area (Å²) in [7, 11) is 1.56. The van der Waals surface area contributed by atoms with Gasteiger partial charge in [-0.1, -0.05) is 17.7 Å². The quantitative estimate of drug-likeness (QED) is 0.245. The van der Waals surface area contributed by atoms with Gasteiger partial charge >= 0.3 is 0 Å². The summed E-state index contributed by atoms with van der Waals surface area (Å²) in [6, 6.07) is 11.0. The molecule has 2 N–H and O–H groups in total. The van der Waals surface area contributed by atoms with Crippen LogP contribution in [-0.2, 0) is 9.59 Å². The number of amides is 2. The van der Waals surface area contributed by atoms with Crippen LogP contribution in [-0.4, -0.2) is 31.2 Å². The van der Waals surface area contributed by atoms with Gasteiger partial charge in [-0.2, -0.15) is 5.10 Å². The highest BCUT2D eigenvalue weighted by Gasteiger charge is 2.13. The third-order valence-electron chi connectivity index (χ3n) is 3.66. The smallest absolute Gasteiger partial charge is 0.249 e. The van der Waals surface area contributed by atoms with Gasteiger partial charge in [0.05, 0.1) is 23.0 Å². The van der Waals surface area contributed by atoms with Crippen molar-refractivity contribution < 1.29 is 19.1 Å². The molecule has 0 aliphatic heterocycles. The minimum atomic E-state index is -0.507. The Morgan fingerprint density at radius 2 is 1.86 bits per heavy atom. The topological polar surface area (TPSA) is 89.0 Å². The Bertz CT molecular complexity index is 896. The summed E-state index contributed by atoms with van der Waals surface area (Å²) in [4.78, 5) is 23.9. The summed E-state index contributed by atoms with van der Waals surface area (Å²) in [6.07, 6.45) is 1.18. The first-order valence-corrected chi connectivity index (χ1v) is 10.1. The molecule has 0 radical (unpaired) electrons. The van der Waals surface area contributed by atoms with E-state index < -0.39 is 11.8 Å². The minimum absolute atomic E-state index is 0.0160. The summed E-state index contributed by atoms with van der Waals surface area (Å²) in [5.74, 6) is 0.327. The van der Waals surface area contributed by atoms with Gasteiger partial charge in [0.15, 0.2) is 11.5 Å². The lowest BCUT2D eigenvalue weighted by Gasteiger charge is -2.15. The highest BCUT2D eigenvalue weighted by molar-refractivity contribution is 14.1. The number of ether oxygens (including phenoxy) is 2. The molecule has 0 unspecified atom stereocenters. The van der Waals surface area contributed by atoms with E-state index in [-0.39, 0.29) is 12.5 Å². The average Bonchev–Trinajstić information content (AvgIpc) is 2.65. The first-order chi connectivity index (χ1) is 13.8. The van der Waals surface area contributed by atoms with Crippen LogP contribution in [0.1, 0.15) is 31.4 Å². The number of carbonyl (C=O) groups excluding carboxylic acids is 2. The van der Waals surface area contributed by atoms with Crippen molar-refractivity contribution in [2.75, 3.05) is 12.4 Å². The van der Waals surface area contributed by atoms with Crippen LogP contribution in [0.2, 0.25) is 0 Å². The van der Waals surface area contributed by atoms with E-state index in [0.717, 1.165) is 14.7 Å². The molecule has 7 nitrogen and oxygen atoms in total. The van der Waals surface area contributed by atoms with Crippen molar-refractivity contribution in [3.63, 3.8) is 0 Å². The number of benzene rings is 2. The Morgan fingerprint density at radius 3 is 2.48 bits per heavy atom. The van der Waals surface area contributed by atoms with Gasteiger partial charge in [0.25, 0.3) is 0 Å². The maximum atomic E-state index is 11.9. The number of aryl methyl sites for hydroxylation is 1. The molecule has 154 valence electrons. The third kappa shape index (κ3) is 7.37. The Labute approximate surface area is 184 Å². The lowest BCUT2D eigenvalue weighted by molar-refractivity contribution is -0.126. The van der Waals surface area contributed by atoms with Gasteiger partial charge in [0.1, 0.15) is 6.42 Å². The lowest BCUT2D eigenvalue weighted by atomic mass is 10.2. The van der Waals surface area contributed by atoms with Crippen LogP contribution in [0.25, 0.3) is 0 Å². The molecule has 2 amide bonds. The molecule has 2 aromatic rings. The SMILES string of the molecule is COc1cc(C=NNC(=O)CC(=O)Nc2ccc(C)cc2)cc(I)c1OC(C)C. The van der Waals surface area contributed by atoms with Gasteiger partial charge in [0.2, 0.25) is 11.8 Å². The van der Waals surface area contributed by atoms with Gasteiger partial charge < -0.3 is 14.8 Å². The fourth-order valence-electron chi connectivity index (χ4n) is 2.37. The maximum absolute atomic E-state index is 11.9. The highest BCUT2D eigenvalue weighted by atomic mass is 127. The van der Waals surface area contributed by atoms with Crippen molar-refractivity contribution in [1.29, 1.82) is 0 Å². The van der Waals surface area contributed by atoms with Crippen LogP contribution in [0.3, 0.4) is 0 Å². The molecule has 8 heteroatoms. The molecule has 2 rings (SSSR count). The second kappa shape index (κ2) is 10.8. The molecule has 0 saturated carbocycles. The van der Waals surface area contributed by atoms with Gasteiger partial charge in [-0.3, -0.25) is 9.59 Å². The van der Waals surface area contributed by atoms with Gasteiger partial charge in [-0.15, -0.1) is 0 Å². The van der Waals surface area contributed by atoms with E-state index in [2.05, 4.69) is 38.4 Å². The predicted octanol–water partition coefficient (Wildman–Crippen LogP) is 3.87. The zero-order valence-electron chi connectivity index (χ0n) is 16.8. The molecule has 0 atom stereocenters. The minimum Gasteiger partial charge on any atom is -0.493 e. The Morgan fingerprint density at radius 1 is 1.17 bits per heavy atom. The monoisotopic (exact) mass is 509 g/mol. The van der Waals surface area contributed by atoms with Crippen LogP contribution in [0.15, 0.2) is 41.5 Å². The van der Waals surface area contributed by atoms with E-state index >= 15 is 0 Å². The average molecular weight is 509 g/mol. The second-order valence-corrected chi connectivity index (χ2v) is 7.75. The fourth-order valence-corrected chi connectivity index (χ4v) is 3.12. The van der Waals surface area contributed by atoms with E-state index in [1.807, 2.05) is 39.0 Å². The first kappa shape index (κ1) is 22.7. The maximum Gasteiger partial charge on any atom is 0.249 e. The first-order valence-electron chi connectivity index (χ1n) is 9.01.